The fourth-order valence-corrected chi connectivity index (χ4v) is 1.36. The summed E-state index contributed by atoms with van der Waals surface area (Å²) in [6.07, 6.45) is -0.491. The Bertz CT molecular complexity index is 426. The van der Waals surface area contributed by atoms with Gasteiger partial charge in [-0.1, -0.05) is 23.2 Å². The Labute approximate surface area is 131 Å². The molecule has 0 aliphatic heterocycles. The Hall–Kier alpha value is -0.260. The van der Waals surface area contributed by atoms with Crippen LogP contribution in [0, 0.1) is 0 Å². The van der Waals surface area contributed by atoms with Crippen LogP contribution in [-0.2, 0) is 9.59 Å². The number of carboxylic acid groups (broad SMARTS) is 1. The van der Waals surface area contributed by atoms with Crippen molar-refractivity contribution in [2.24, 2.45) is 0 Å². The van der Waals surface area contributed by atoms with Gasteiger partial charge in [0.2, 0.25) is 5.91 Å². The Morgan fingerprint density at radius 2 is 1.88 bits per heavy atom. The molecule has 1 amide bonds. The fraction of sp³-hybridized carbons (Fsp3) is 0.200. The number of aliphatic carboxylic acids is 1. The molecule has 0 saturated carbocycles. The van der Waals surface area contributed by atoms with Crippen LogP contribution >= 0.6 is 23.2 Å². The maximum Gasteiger partial charge on any atom is 1.00 e. The molecule has 0 aromatic heterocycles. The molecule has 0 spiro atoms. The van der Waals surface area contributed by atoms with E-state index in [1.807, 2.05) is 0 Å². The van der Waals surface area contributed by atoms with Crippen molar-refractivity contribution < 1.29 is 44.3 Å². The molecule has 86 valence electrons. The summed E-state index contributed by atoms with van der Waals surface area (Å²) in [4.78, 5) is 21.4. The number of hydrogen-bond donors (Lipinski definition) is 1. The molecule has 1 aromatic carbocycles. The van der Waals surface area contributed by atoms with E-state index in [0.29, 0.717) is 15.7 Å². The molecule has 1 N–H and O–H groups in total. The Kier molecular flexibility index (Phi) is 7.83. The third-order valence-corrected chi connectivity index (χ3v) is 2.32. The van der Waals surface area contributed by atoms with E-state index in [1.165, 1.54) is 12.1 Å². The minimum atomic E-state index is -1.27. The molecule has 17 heavy (non-hydrogen) atoms. The van der Waals surface area contributed by atoms with Crippen LogP contribution in [0.3, 0.4) is 0 Å². The molecule has 0 aliphatic carbocycles. The Morgan fingerprint density at radius 3 is 2.47 bits per heavy atom. The summed E-state index contributed by atoms with van der Waals surface area (Å²) in [7, 11) is 0. The number of amides is 1. The number of halogens is 2. The minimum Gasteiger partial charge on any atom is -0.550 e. The van der Waals surface area contributed by atoms with E-state index in [-0.39, 0.29) is 42.4 Å². The van der Waals surface area contributed by atoms with Gasteiger partial charge in [0.15, 0.2) is 0 Å². The van der Waals surface area contributed by atoms with E-state index in [9.17, 15) is 14.7 Å². The zero-order valence-electron chi connectivity index (χ0n) is 9.13. The minimum absolute atomic E-state index is 0. The Balaban J connectivity index is 0.00000256. The van der Waals surface area contributed by atoms with Gasteiger partial charge in [-0.25, -0.2) is 0 Å². The smallest absolute Gasteiger partial charge is 0.550 e. The van der Waals surface area contributed by atoms with Crippen molar-refractivity contribution in [1.29, 1.82) is 0 Å². The summed E-state index contributed by atoms with van der Waals surface area (Å²) in [5.41, 5.74) is 0.359. The Morgan fingerprint density at radius 1 is 1.24 bits per heavy atom. The molecule has 0 fully saturated rings. The predicted octanol–water partition coefficient (Wildman–Crippen LogP) is -1.53. The molecular weight excluding hydrogens is 276 g/mol. The van der Waals surface area contributed by atoms with Crippen molar-refractivity contribution in [3.05, 3.63) is 28.2 Å². The largest absolute Gasteiger partial charge is 1.00 e. The average molecular weight is 284 g/mol. The SMILES string of the molecule is O=C([O-])CCC(=O)Nc1cc(Cl)ccc1Cl.[Na+]. The molecule has 7 heteroatoms. The van der Waals surface area contributed by atoms with Crippen LogP contribution in [0.1, 0.15) is 12.8 Å². The molecular formula is C10H8Cl2NNaO3. The molecule has 1 rings (SSSR count). The summed E-state index contributed by atoms with van der Waals surface area (Å²) < 4.78 is 0. The molecule has 0 saturated heterocycles. The van der Waals surface area contributed by atoms with E-state index in [4.69, 9.17) is 23.2 Å². The van der Waals surface area contributed by atoms with Gasteiger partial charge in [-0.15, -0.1) is 0 Å². The zero-order chi connectivity index (χ0) is 12.1. The van der Waals surface area contributed by atoms with Crippen LogP contribution in [0.25, 0.3) is 0 Å². The maximum atomic E-state index is 11.3. The first-order chi connectivity index (χ1) is 7.49. The number of carboxylic acids is 1. The first-order valence-electron chi connectivity index (χ1n) is 4.44. The van der Waals surface area contributed by atoms with Gasteiger partial charge in [0.1, 0.15) is 0 Å². The summed E-state index contributed by atoms with van der Waals surface area (Å²) in [5.74, 6) is -1.72. The van der Waals surface area contributed by atoms with Crippen LogP contribution in [0.5, 0.6) is 0 Å². The predicted molar refractivity (Wildman–Crippen MR) is 59.3 cm³/mol. The summed E-state index contributed by atoms with van der Waals surface area (Å²) in [5, 5.41) is 13.4. The quantitative estimate of drug-likeness (QED) is 0.682. The maximum absolute atomic E-state index is 11.3. The van der Waals surface area contributed by atoms with E-state index >= 15 is 0 Å². The van der Waals surface area contributed by atoms with Crippen LogP contribution in [-0.4, -0.2) is 11.9 Å². The molecule has 0 atom stereocenters. The number of anilines is 1. The molecule has 0 aliphatic rings. The molecule has 0 heterocycles. The van der Waals surface area contributed by atoms with Crippen molar-refractivity contribution in [3.8, 4) is 0 Å². The molecule has 0 unspecified atom stereocenters. The van der Waals surface area contributed by atoms with Crippen LogP contribution in [0.15, 0.2) is 18.2 Å². The van der Waals surface area contributed by atoms with E-state index in [1.54, 1.807) is 6.07 Å². The summed E-state index contributed by atoms with van der Waals surface area (Å²) in [6.45, 7) is 0. The van der Waals surface area contributed by atoms with Crippen LogP contribution < -0.4 is 40.0 Å². The van der Waals surface area contributed by atoms with Gasteiger partial charge in [0.05, 0.1) is 10.7 Å². The molecule has 0 bridgehead atoms. The summed E-state index contributed by atoms with van der Waals surface area (Å²) in [6, 6.07) is 4.61. The van der Waals surface area contributed by atoms with Crippen molar-refractivity contribution in [1.82, 2.24) is 0 Å². The van der Waals surface area contributed by atoms with Crippen molar-refractivity contribution >= 4 is 40.8 Å². The monoisotopic (exact) mass is 283 g/mol. The number of benzene rings is 1. The average Bonchev–Trinajstić information content (AvgIpc) is 2.20. The number of carbonyl (C=O) groups is 2. The first-order valence-corrected chi connectivity index (χ1v) is 5.19. The van der Waals surface area contributed by atoms with E-state index < -0.39 is 11.9 Å². The van der Waals surface area contributed by atoms with Gasteiger partial charge in [0, 0.05) is 17.4 Å². The fourth-order valence-electron chi connectivity index (χ4n) is 1.02. The summed E-state index contributed by atoms with van der Waals surface area (Å²) >= 11 is 11.5. The number of hydrogen-bond acceptors (Lipinski definition) is 3. The zero-order valence-corrected chi connectivity index (χ0v) is 12.6. The van der Waals surface area contributed by atoms with Gasteiger partial charge in [-0.3, -0.25) is 4.79 Å². The second-order valence-corrected chi connectivity index (χ2v) is 3.89. The first kappa shape index (κ1) is 16.7. The number of nitrogens with one attached hydrogen (secondary N) is 1. The standard InChI is InChI=1S/C10H9Cl2NO3.Na/c11-6-1-2-7(12)8(5-6)13-9(14)3-4-10(15)16;/h1-2,5H,3-4H2,(H,13,14)(H,15,16);/q;+1/p-1. The third-order valence-electron chi connectivity index (χ3n) is 1.76. The van der Waals surface area contributed by atoms with E-state index in [2.05, 4.69) is 5.32 Å². The van der Waals surface area contributed by atoms with Crippen LogP contribution in [0.2, 0.25) is 10.0 Å². The van der Waals surface area contributed by atoms with Crippen molar-refractivity contribution in [2.45, 2.75) is 12.8 Å². The second kappa shape index (κ2) is 7.95. The third kappa shape index (κ3) is 6.29. The number of carbonyl (C=O) groups excluding carboxylic acids is 2. The molecule has 4 nitrogen and oxygen atoms in total. The normalized spacial score (nSPS) is 9.29. The van der Waals surface area contributed by atoms with Crippen molar-refractivity contribution in [2.75, 3.05) is 5.32 Å². The van der Waals surface area contributed by atoms with Crippen LogP contribution in [0.4, 0.5) is 5.69 Å². The van der Waals surface area contributed by atoms with Gasteiger partial charge >= 0.3 is 29.6 Å². The second-order valence-electron chi connectivity index (χ2n) is 3.04. The van der Waals surface area contributed by atoms with Crippen molar-refractivity contribution in [3.63, 3.8) is 0 Å². The topological polar surface area (TPSA) is 69.2 Å². The molecule has 1 aromatic rings. The van der Waals surface area contributed by atoms with E-state index in [0.717, 1.165) is 0 Å². The van der Waals surface area contributed by atoms with Gasteiger partial charge in [-0.2, -0.15) is 0 Å². The van der Waals surface area contributed by atoms with Gasteiger partial charge in [0.25, 0.3) is 0 Å². The number of rotatable bonds is 4. The molecule has 0 radical (unpaired) electrons. The van der Waals surface area contributed by atoms with Gasteiger partial charge < -0.3 is 15.2 Å². The van der Waals surface area contributed by atoms with Gasteiger partial charge in [-0.05, 0) is 24.6 Å².